The van der Waals surface area contributed by atoms with Gasteiger partial charge in [-0.3, -0.25) is 9.69 Å². The van der Waals surface area contributed by atoms with E-state index < -0.39 is 10.0 Å². The summed E-state index contributed by atoms with van der Waals surface area (Å²) in [5.41, 5.74) is 1.74. The molecule has 1 atom stereocenters. The van der Waals surface area contributed by atoms with Gasteiger partial charge >= 0.3 is 0 Å². The third kappa shape index (κ3) is 6.21. The summed E-state index contributed by atoms with van der Waals surface area (Å²) in [7, 11) is -3.55. The highest BCUT2D eigenvalue weighted by Crippen LogP contribution is 2.19. The molecular weight excluding hydrogens is 457 g/mol. The summed E-state index contributed by atoms with van der Waals surface area (Å²) in [5.74, 6) is -0.387. The van der Waals surface area contributed by atoms with Gasteiger partial charge in [0.05, 0.1) is 17.5 Å². The summed E-state index contributed by atoms with van der Waals surface area (Å²) in [5, 5.41) is 0. The maximum Gasteiger partial charge on any atom is 0.243 e. The molecule has 1 unspecified atom stereocenters. The molecule has 2 saturated heterocycles. The average Bonchev–Trinajstić information content (AvgIpc) is 3.32. The van der Waals surface area contributed by atoms with Crippen LogP contribution in [0.1, 0.15) is 24.0 Å². The Labute approximate surface area is 201 Å². The van der Waals surface area contributed by atoms with Gasteiger partial charge in [0.25, 0.3) is 0 Å². The monoisotopic (exact) mass is 489 g/mol. The summed E-state index contributed by atoms with van der Waals surface area (Å²) in [4.78, 5) is 17.2. The second-order valence-corrected chi connectivity index (χ2v) is 11.0. The standard InChI is InChI=1S/C25H32FN3O4S/c1-20-7-9-24(10-8-20)34(31,32)29-13-11-27(12-14-29)19-25(30)28(18-23-6-3-15-33-23)17-21-4-2-5-22(26)16-21/h2,4-5,7-10,16,23H,3,6,11-15,17-19H2,1H3. The molecule has 184 valence electrons. The zero-order chi connectivity index (χ0) is 24.1. The highest BCUT2D eigenvalue weighted by Gasteiger charge is 2.30. The summed E-state index contributed by atoms with van der Waals surface area (Å²) in [6.07, 6.45) is 1.88. The number of halogens is 1. The normalized spacial score (nSPS) is 19.9. The van der Waals surface area contributed by atoms with Crippen LogP contribution < -0.4 is 0 Å². The Morgan fingerprint density at radius 1 is 1.12 bits per heavy atom. The third-order valence-electron chi connectivity index (χ3n) is 6.41. The lowest BCUT2D eigenvalue weighted by molar-refractivity contribution is -0.135. The maximum atomic E-state index is 13.7. The number of hydrogen-bond acceptors (Lipinski definition) is 5. The summed E-state index contributed by atoms with van der Waals surface area (Å²) in [6, 6.07) is 13.2. The number of piperazine rings is 1. The molecule has 9 heteroatoms. The molecule has 34 heavy (non-hydrogen) atoms. The fourth-order valence-electron chi connectivity index (χ4n) is 4.42. The Kier molecular flexibility index (Phi) is 7.98. The Morgan fingerprint density at radius 2 is 1.85 bits per heavy atom. The van der Waals surface area contributed by atoms with E-state index in [1.54, 1.807) is 35.2 Å². The number of ether oxygens (including phenoxy) is 1. The third-order valence-corrected chi connectivity index (χ3v) is 8.32. The molecule has 1 amide bonds. The lowest BCUT2D eigenvalue weighted by atomic mass is 10.1. The molecule has 0 N–H and O–H groups in total. The first-order chi connectivity index (χ1) is 16.3. The number of benzene rings is 2. The molecular formula is C25H32FN3O4S. The fraction of sp³-hybridized carbons (Fsp3) is 0.480. The van der Waals surface area contributed by atoms with Crippen LogP contribution >= 0.6 is 0 Å². The van der Waals surface area contributed by atoms with Crippen LogP contribution in [-0.4, -0.2) is 80.4 Å². The summed E-state index contributed by atoms with van der Waals surface area (Å²) in [6.45, 7) is 5.22. The van der Waals surface area contributed by atoms with E-state index in [9.17, 15) is 17.6 Å². The van der Waals surface area contributed by atoms with Crippen molar-refractivity contribution in [3.8, 4) is 0 Å². The lowest BCUT2D eigenvalue weighted by Gasteiger charge is -2.35. The molecule has 0 radical (unpaired) electrons. The first-order valence-corrected chi connectivity index (χ1v) is 13.2. The minimum atomic E-state index is -3.55. The van der Waals surface area contributed by atoms with Crippen molar-refractivity contribution in [3.05, 3.63) is 65.5 Å². The smallest absolute Gasteiger partial charge is 0.243 e. The van der Waals surface area contributed by atoms with Crippen LogP contribution in [0.5, 0.6) is 0 Å². The number of hydrogen-bond donors (Lipinski definition) is 0. The van der Waals surface area contributed by atoms with E-state index >= 15 is 0 Å². The van der Waals surface area contributed by atoms with Crippen molar-refractivity contribution < 1.29 is 22.3 Å². The second-order valence-electron chi connectivity index (χ2n) is 9.03. The number of carbonyl (C=O) groups is 1. The van der Waals surface area contributed by atoms with Gasteiger partial charge in [-0.05, 0) is 49.6 Å². The number of rotatable bonds is 8. The molecule has 0 spiro atoms. The molecule has 4 rings (SSSR count). The predicted octanol–water partition coefficient (Wildman–Crippen LogP) is 2.65. The van der Waals surface area contributed by atoms with Gasteiger partial charge in [-0.2, -0.15) is 4.31 Å². The number of carbonyl (C=O) groups excluding carboxylic acids is 1. The quantitative estimate of drug-likeness (QED) is 0.570. The molecule has 0 bridgehead atoms. The zero-order valence-electron chi connectivity index (χ0n) is 19.5. The van der Waals surface area contributed by atoms with E-state index in [-0.39, 0.29) is 24.4 Å². The molecule has 0 aromatic heterocycles. The van der Waals surface area contributed by atoms with Crippen molar-refractivity contribution in [1.82, 2.24) is 14.1 Å². The van der Waals surface area contributed by atoms with Crippen molar-refractivity contribution in [3.63, 3.8) is 0 Å². The van der Waals surface area contributed by atoms with Gasteiger partial charge < -0.3 is 9.64 Å². The highest BCUT2D eigenvalue weighted by atomic mass is 32.2. The molecule has 2 aliphatic heterocycles. The SMILES string of the molecule is Cc1ccc(S(=O)(=O)N2CCN(CC(=O)N(Cc3cccc(F)c3)CC3CCCO3)CC2)cc1. The number of amides is 1. The van der Waals surface area contributed by atoms with E-state index in [2.05, 4.69) is 0 Å². The van der Waals surface area contributed by atoms with Crippen LogP contribution in [0.15, 0.2) is 53.4 Å². The predicted molar refractivity (Wildman–Crippen MR) is 127 cm³/mol. The van der Waals surface area contributed by atoms with Crippen molar-refractivity contribution >= 4 is 15.9 Å². The number of nitrogens with zero attached hydrogens (tertiary/aromatic N) is 3. The van der Waals surface area contributed by atoms with Gasteiger partial charge in [-0.25, -0.2) is 12.8 Å². The Bertz CT molecular complexity index is 1080. The van der Waals surface area contributed by atoms with Gasteiger partial charge in [-0.15, -0.1) is 0 Å². The molecule has 2 aliphatic rings. The molecule has 2 aromatic rings. The van der Waals surface area contributed by atoms with E-state index in [1.807, 2.05) is 17.9 Å². The van der Waals surface area contributed by atoms with E-state index in [0.29, 0.717) is 50.8 Å². The fourth-order valence-corrected chi connectivity index (χ4v) is 5.85. The summed E-state index contributed by atoms with van der Waals surface area (Å²) >= 11 is 0. The van der Waals surface area contributed by atoms with E-state index in [4.69, 9.17) is 4.74 Å². The van der Waals surface area contributed by atoms with Crippen molar-refractivity contribution in [2.75, 3.05) is 45.9 Å². The van der Waals surface area contributed by atoms with Gasteiger partial charge in [0.1, 0.15) is 5.82 Å². The Balaban J connectivity index is 1.36. The average molecular weight is 490 g/mol. The van der Waals surface area contributed by atoms with Gasteiger partial charge in [0, 0.05) is 45.9 Å². The highest BCUT2D eigenvalue weighted by molar-refractivity contribution is 7.89. The first-order valence-electron chi connectivity index (χ1n) is 11.7. The van der Waals surface area contributed by atoms with Gasteiger partial charge in [-0.1, -0.05) is 29.8 Å². The van der Waals surface area contributed by atoms with Crippen LogP contribution in [0.4, 0.5) is 4.39 Å². The topological polar surface area (TPSA) is 70.2 Å². The van der Waals surface area contributed by atoms with Crippen molar-refractivity contribution in [2.24, 2.45) is 0 Å². The van der Waals surface area contributed by atoms with Gasteiger partial charge in [0.2, 0.25) is 15.9 Å². The van der Waals surface area contributed by atoms with Crippen LogP contribution in [0.3, 0.4) is 0 Å². The Morgan fingerprint density at radius 3 is 2.50 bits per heavy atom. The van der Waals surface area contributed by atoms with Crippen LogP contribution in [0.25, 0.3) is 0 Å². The van der Waals surface area contributed by atoms with E-state index in [1.165, 1.54) is 16.4 Å². The molecule has 7 nitrogen and oxygen atoms in total. The molecule has 2 fully saturated rings. The molecule has 0 aliphatic carbocycles. The van der Waals surface area contributed by atoms with Crippen LogP contribution in [0.2, 0.25) is 0 Å². The van der Waals surface area contributed by atoms with Crippen LogP contribution in [0, 0.1) is 12.7 Å². The largest absolute Gasteiger partial charge is 0.376 e. The first kappa shape index (κ1) is 24.8. The molecule has 0 saturated carbocycles. The summed E-state index contributed by atoms with van der Waals surface area (Å²) < 4.78 is 46.8. The number of aryl methyl sites for hydroxylation is 1. The van der Waals surface area contributed by atoms with Crippen molar-refractivity contribution in [1.29, 1.82) is 0 Å². The lowest BCUT2D eigenvalue weighted by Crippen LogP contribution is -2.51. The Hall–Kier alpha value is -2.33. The van der Waals surface area contributed by atoms with Gasteiger partial charge in [0.15, 0.2) is 0 Å². The molecule has 2 heterocycles. The second kappa shape index (κ2) is 10.9. The van der Waals surface area contributed by atoms with Crippen LogP contribution in [-0.2, 0) is 26.1 Å². The maximum absolute atomic E-state index is 13.7. The zero-order valence-corrected chi connectivity index (χ0v) is 20.3. The van der Waals surface area contributed by atoms with Crippen molar-refractivity contribution in [2.45, 2.75) is 37.3 Å². The van der Waals surface area contributed by atoms with E-state index in [0.717, 1.165) is 24.0 Å². The number of sulfonamides is 1. The minimum absolute atomic E-state index is 0.00555. The molecule has 2 aromatic carbocycles. The minimum Gasteiger partial charge on any atom is -0.376 e.